The van der Waals surface area contributed by atoms with Crippen LogP contribution in [0.5, 0.6) is 0 Å². The van der Waals surface area contributed by atoms with E-state index in [-0.39, 0.29) is 51.9 Å². The van der Waals surface area contributed by atoms with Crippen molar-refractivity contribution in [2.45, 2.75) is 57.5 Å². The minimum atomic E-state index is -4.38. The Hall–Kier alpha value is -3.45. The summed E-state index contributed by atoms with van der Waals surface area (Å²) < 4.78 is 69.6. The van der Waals surface area contributed by atoms with Gasteiger partial charge < -0.3 is 15.3 Å². The van der Waals surface area contributed by atoms with Gasteiger partial charge in [-0.2, -0.15) is 8.42 Å². The number of sulfonamides is 2. The van der Waals surface area contributed by atoms with Gasteiger partial charge in [-0.05, 0) is 66.5 Å². The van der Waals surface area contributed by atoms with Crippen LogP contribution in [-0.2, 0) is 31.4 Å². The van der Waals surface area contributed by atoms with Crippen molar-refractivity contribution in [1.29, 1.82) is 0 Å². The third-order valence-corrected chi connectivity index (χ3v) is 10.3. The Kier molecular flexibility index (Phi) is 7.86. The van der Waals surface area contributed by atoms with E-state index >= 15 is 0 Å². The lowest BCUT2D eigenvalue weighted by Gasteiger charge is -2.45. The molecule has 1 amide bonds. The predicted octanol–water partition coefficient (Wildman–Crippen LogP) is 4.64. The Labute approximate surface area is 245 Å². The highest BCUT2D eigenvalue weighted by atomic mass is 32.2. The maximum atomic E-state index is 14.3. The second kappa shape index (κ2) is 11.0. The van der Waals surface area contributed by atoms with Crippen LogP contribution in [0.2, 0.25) is 0 Å². The summed E-state index contributed by atoms with van der Waals surface area (Å²) in [4.78, 5) is 15.7. The number of rotatable bonds is 9. The van der Waals surface area contributed by atoms with Gasteiger partial charge in [-0.1, -0.05) is 39.3 Å². The first kappa shape index (κ1) is 30.0. The van der Waals surface area contributed by atoms with Gasteiger partial charge in [-0.3, -0.25) is 9.52 Å². The Bertz CT molecular complexity index is 1690. The van der Waals surface area contributed by atoms with Crippen LogP contribution in [-0.4, -0.2) is 50.9 Å². The summed E-state index contributed by atoms with van der Waals surface area (Å²) in [6, 6.07) is 9.40. The van der Waals surface area contributed by atoms with Crippen molar-refractivity contribution in [1.82, 2.24) is 4.90 Å². The van der Waals surface area contributed by atoms with Crippen LogP contribution in [0, 0.1) is 29.5 Å². The molecule has 0 spiro atoms. The zero-order valence-electron chi connectivity index (χ0n) is 23.8. The molecule has 2 aromatic rings. The number of hydrogen-bond donors (Lipinski definition) is 3. The van der Waals surface area contributed by atoms with E-state index in [2.05, 4.69) is 28.3 Å². The minimum Gasteiger partial charge on any atom is -0.511 e. The standard InChI is InChI=1S/C29H35FN4O6S2/c1-5-6-21(22-13-16(22)2)26-17(3)27(35)25(29(36)34(26)15-18-7-9-19(30)10-8-18)28-31-23-12-11-20(32-41(4,37)38)14-24(23)42(39,40)33-28/h7-12,14,16-17,21-22,26,32,35H,5-6,13,15H2,1-4H3,(H,31,33)/t16?,17-,21?,22?,26-/m0/s1. The van der Waals surface area contributed by atoms with Crippen LogP contribution in [0.25, 0.3) is 0 Å². The Balaban J connectivity index is 1.57. The molecule has 2 aliphatic heterocycles. The van der Waals surface area contributed by atoms with E-state index < -0.39 is 37.7 Å². The van der Waals surface area contributed by atoms with E-state index in [4.69, 9.17) is 0 Å². The second-order valence-corrected chi connectivity index (χ2v) is 14.9. The maximum absolute atomic E-state index is 14.3. The highest BCUT2D eigenvalue weighted by molar-refractivity contribution is 7.92. The van der Waals surface area contributed by atoms with Crippen molar-refractivity contribution in [3.63, 3.8) is 0 Å². The van der Waals surface area contributed by atoms with Gasteiger partial charge in [0.25, 0.3) is 15.9 Å². The fourth-order valence-electron chi connectivity index (χ4n) is 6.30. The first-order valence-electron chi connectivity index (χ1n) is 13.9. The number of nitrogens with zero attached hydrogens (tertiary/aromatic N) is 2. The number of halogens is 1. The Morgan fingerprint density at radius 3 is 2.45 bits per heavy atom. The van der Waals surface area contributed by atoms with Gasteiger partial charge in [-0.25, -0.2) is 12.8 Å². The molecule has 10 nitrogen and oxygen atoms in total. The molecule has 5 rings (SSSR count). The molecule has 3 N–H and O–H groups in total. The summed E-state index contributed by atoms with van der Waals surface area (Å²) >= 11 is 0. The minimum absolute atomic E-state index is 0.0364. The average Bonchev–Trinajstić information content (AvgIpc) is 3.63. The van der Waals surface area contributed by atoms with E-state index in [9.17, 15) is 31.1 Å². The summed E-state index contributed by atoms with van der Waals surface area (Å²) in [6.07, 6.45) is 3.72. The molecule has 0 aromatic heterocycles. The maximum Gasteiger partial charge on any atom is 0.286 e. The number of fused-ring (bicyclic) bond motifs is 1. The van der Waals surface area contributed by atoms with E-state index in [0.29, 0.717) is 17.4 Å². The first-order chi connectivity index (χ1) is 19.7. The van der Waals surface area contributed by atoms with Crippen LogP contribution in [0.15, 0.2) is 63.1 Å². The molecule has 0 saturated heterocycles. The van der Waals surface area contributed by atoms with Gasteiger partial charge in [0.1, 0.15) is 22.0 Å². The molecule has 2 heterocycles. The number of amides is 1. The van der Waals surface area contributed by atoms with Crippen LogP contribution < -0.4 is 10.0 Å². The molecule has 3 aliphatic rings. The number of carbonyl (C=O) groups excluding carboxylic acids is 1. The SMILES string of the molecule is CCCC(C1CC1C)[C@@H]1[C@H](C)C(O)=C(C2=NS(=O)(=O)c3cc(NS(C)(=O)=O)ccc3N2)C(=O)N1Cc1ccc(F)cc1. The summed E-state index contributed by atoms with van der Waals surface area (Å²) in [5, 5.41) is 14.4. The lowest BCUT2D eigenvalue weighted by atomic mass is 9.77. The molecule has 1 saturated carbocycles. The Morgan fingerprint density at radius 1 is 1.19 bits per heavy atom. The van der Waals surface area contributed by atoms with Crippen LogP contribution in [0.4, 0.5) is 15.8 Å². The van der Waals surface area contributed by atoms with Gasteiger partial charge in [0.2, 0.25) is 10.0 Å². The monoisotopic (exact) mass is 618 g/mol. The predicted molar refractivity (Wildman–Crippen MR) is 158 cm³/mol. The fourth-order valence-corrected chi connectivity index (χ4v) is 8.00. The van der Waals surface area contributed by atoms with Gasteiger partial charge in [0.15, 0.2) is 5.84 Å². The number of aliphatic hydroxyl groups excluding tert-OH is 1. The smallest absolute Gasteiger partial charge is 0.286 e. The molecule has 42 heavy (non-hydrogen) atoms. The third-order valence-electron chi connectivity index (χ3n) is 8.35. The van der Waals surface area contributed by atoms with Crippen molar-refractivity contribution in [3.05, 3.63) is 65.2 Å². The van der Waals surface area contributed by atoms with Crippen LogP contribution >= 0.6 is 0 Å². The lowest BCUT2D eigenvalue weighted by molar-refractivity contribution is -0.134. The number of anilines is 2. The fraction of sp³-hybridized carbons (Fsp3) is 0.448. The zero-order chi connectivity index (χ0) is 30.6. The number of nitrogens with one attached hydrogen (secondary N) is 2. The Morgan fingerprint density at radius 2 is 1.86 bits per heavy atom. The van der Waals surface area contributed by atoms with Gasteiger partial charge >= 0.3 is 0 Å². The van der Waals surface area contributed by atoms with Crippen molar-refractivity contribution in [3.8, 4) is 0 Å². The topological polar surface area (TPSA) is 145 Å². The second-order valence-electron chi connectivity index (χ2n) is 11.6. The highest BCUT2D eigenvalue weighted by Crippen LogP contribution is 2.51. The number of benzene rings is 2. The van der Waals surface area contributed by atoms with Gasteiger partial charge in [-0.15, -0.1) is 4.40 Å². The first-order valence-corrected chi connectivity index (χ1v) is 17.3. The molecule has 5 atom stereocenters. The molecular weight excluding hydrogens is 583 g/mol. The van der Waals surface area contributed by atoms with E-state index in [1.807, 2.05) is 6.92 Å². The van der Waals surface area contributed by atoms with Crippen molar-refractivity contribution < 1.29 is 31.1 Å². The van der Waals surface area contributed by atoms with E-state index in [0.717, 1.165) is 31.6 Å². The lowest BCUT2D eigenvalue weighted by Crippen LogP contribution is -2.54. The van der Waals surface area contributed by atoms with Crippen molar-refractivity contribution >= 4 is 43.2 Å². The molecule has 1 aliphatic carbocycles. The summed E-state index contributed by atoms with van der Waals surface area (Å²) in [7, 11) is -8.04. The van der Waals surface area contributed by atoms with Gasteiger partial charge in [0, 0.05) is 24.2 Å². The summed E-state index contributed by atoms with van der Waals surface area (Å²) in [5.41, 5.74) is 0.577. The van der Waals surface area contributed by atoms with Gasteiger partial charge in [0.05, 0.1) is 11.9 Å². The van der Waals surface area contributed by atoms with E-state index in [1.54, 1.807) is 17.0 Å². The molecule has 1 fully saturated rings. The number of amidine groups is 1. The molecule has 13 heteroatoms. The highest BCUT2D eigenvalue weighted by Gasteiger charge is 2.51. The molecule has 3 unspecified atom stereocenters. The molecule has 0 radical (unpaired) electrons. The number of aliphatic hydroxyl groups is 1. The number of hydrogen-bond acceptors (Lipinski definition) is 7. The van der Waals surface area contributed by atoms with Crippen molar-refractivity contribution in [2.24, 2.45) is 28.1 Å². The van der Waals surface area contributed by atoms with E-state index in [1.165, 1.54) is 24.3 Å². The van der Waals surface area contributed by atoms with Crippen LogP contribution in [0.3, 0.4) is 0 Å². The molecule has 226 valence electrons. The third kappa shape index (κ3) is 5.89. The average molecular weight is 619 g/mol. The van der Waals surface area contributed by atoms with Crippen molar-refractivity contribution in [2.75, 3.05) is 16.3 Å². The summed E-state index contributed by atoms with van der Waals surface area (Å²) in [6.45, 7) is 6.23. The molecular formula is C29H35FN4O6S2. The largest absolute Gasteiger partial charge is 0.511 e. The quantitative estimate of drug-likeness (QED) is 0.371. The zero-order valence-corrected chi connectivity index (χ0v) is 25.5. The molecule has 0 bridgehead atoms. The molecule has 2 aromatic carbocycles. The normalized spacial score (nSPS) is 25.8. The summed E-state index contributed by atoms with van der Waals surface area (Å²) in [5.74, 6) is -1.06. The van der Waals surface area contributed by atoms with Crippen LogP contribution in [0.1, 0.15) is 45.6 Å². The number of carbonyl (C=O) groups is 1.